The second-order valence-corrected chi connectivity index (χ2v) is 9.50. The van der Waals surface area contributed by atoms with Crippen molar-refractivity contribution in [2.45, 2.75) is 30.8 Å². The van der Waals surface area contributed by atoms with Gasteiger partial charge in [-0.25, -0.2) is 9.59 Å². The van der Waals surface area contributed by atoms with Crippen LogP contribution in [0.5, 0.6) is 0 Å². The number of hydrogen-bond acceptors (Lipinski definition) is 5. The molecule has 1 aliphatic heterocycles. The van der Waals surface area contributed by atoms with Crippen LogP contribution in [-0.2, 0) is 14.3 Å². The molecular formula is C24H24N2O5S. The third-order valence-electron chi connectivity index (χ3n) is 6.60. The molecule has 3 aliphatic rings. The number of hydrogen-bond donors (Lipinski definition) is 2. The molecule has 5 rings (SSSR count). The van der Waals surface area contributed by atoms with Crippen molar-refractivity contribution in [3.63, 3.8) is 0 Å². The van der Waals surface area contributed by atoms with Gasteiger partial charge in [-0.15, -0.1) is 11.8 Å². The Balaban J connectivity index is 1.13. The third-order valence-corrected chi connectivity index (χ3v) is 7.62. The zero-order valence-corrected chi connectivity index (χ0v) is 18.2. The predicted octanol–water partition coefficient (Wildman–Crippen LogP) is 3.29. The van der Waals surface area contributed by atoms with Crippen LogP contribution in [-0.4, -0.2) is 58.3 Å². The van der Waals surface area contributed by atoms with E-state index in [1.165, 1.54) is 27.8 Å². The maximum absolute atomic E-state index is 12.6. The summed E-state index contributed by atoms with van der Waals surface area (Å²) in [6, 6.07) is 15.5. The molecule has 32 heavy (non-hydrogen) atoms. The van der Waals surface area contributed by atoms with Gasteiger partial charge in [0.1, 0.15) is 12.6 Å². The molecule has 2 aromatic rings. The lowest BCUT2D eigenvalue weighted by Gasteiger charge is -2.37. The van der Waals surface area contributed by atoms with Crippen LogP contribution in [0.1, 0.15) is 29.9 Å². The summed E-state index contributed by atoms with van der Waals surface area (Å²) in [6.45, 7) is 0.250. The first kappa shape index (κ1) is 20.9. The average molecular weight is 453 g/mol. The fraction of sp³-hybridized carbons (Fsp3) is 0.375. The van der Waals surface area contributed by atoms with Gasteiger partial charge in [0.25, 0.3) is 0 Å². The summed E-state index contributed by atoms with van der Waals surface area (Å²) < 4.78 is 5.56. The lowest BCUT2D eigenvalue weighted by Crippen LogP contribution is -2.52. The number of rotatable bonds is 5. The van der Waals surface area contributed by atoms with E-state index in [0.29, 0.717) is 24.5 Å². The lowest BCUT2D eigenvalue weighted by atomic mass is 9.79. The van der Waals surface area contributed by atoms with Crippen molar-refractivity contribution in [2.75, 3.05) is 18.2 Å². The summed E-state index contributed by atoms with van der Waals surface area (Å²) >= 11 is 1.45. The van der Waals surface area contributed by atoms with Crippen molar-refractivity contribution in [1.82, 2.24) is 10.2 Å². The number of nitrogens with one attached hydrogen (secondary N) is 1. The highest BCUT2D eigenvalue weighted by Gasteiger charge is 2.43. The third kappa shape index (κ3) is 3.72. The molecule has 1 unspecified atom stereocenters. The van der Waals surface area contributed by atoms with E-state index in [0.717, 1.165) is 11.1 Å². The molecule has 0 bridgehead atoms. The van der Waals surface area contributed by atoms with Crippen LogP contribution in [0.3, 0.4) is 0 Å². The second kappa shape index (κ2) is 8.50. The van der Waals surface area contributed by atoms with E-state index >= 15 is 0 Å². The maximum atomic E-state index is 12.6. The molecule has 2 N–H and O–H groups in total. The molecule has 2 aliphatic carbocycles. The molecule has 0 radical (unpaired) electrons. The quantitative estimate of drug-likeness (QED) is 0.723. The summed E-state index contributed by atoms with van der Waals surface area (Å²) in [5, 5.41) is 12.1. The van der Waals surface area contributed by atoms with Gasteiger partial charge in [-0.1, -0.05) is 48.5 Å². The van der Waals surface area contributed by atoms with Gasteiger partial charge >= 0.3 is 12.1 Å². The first-order chi connectivity index (χ1) is 15.5. The van der Waals surface area contributed by atoms with Crippen molar-refractivity contribution >= 4 is 29.7 Å². The molecule has 0 aromatic heterocycles. The van der Waals surface area contributed by atoms with Gasteiger partial charge < -0.3 is 20.1 Å². The summed E-state index contributed by atoms with van der Waals surface area (Å²) in [7, 11) is 0. The Kier molecular flexibility index (Phi) is 5.55. The molecule has 1 saturated carbocycles. The van der Waals surface area contributed by atoms with E-state index in [2.05, 4.69) is 29.6 Å². The number of thioether (sulfide) groups is 1. The van der Waals surface area contributed by atoms with Crippen molar-refractivity contribution in [1.29, 1.82) is 0 Å². The summed E-state index contributed by atoms with van der Waals surface area (Å²) in [5.74, 6) is -0.491. The number of fused-ring (bicyclic) bond motifs is 3. The minimum atomic E-state index is -0.962. The Bertz CT molecular complexity index is 1020. The largest absolute Gasteiger partial charge is 0.480 e. The number of carboxylic acid groups (broad SMARTS) is 1. The normalized spacial score (nSPS) is 23.8. The number of carbonyl (C=O) groups excluding carboxylic acids is 2. The molecule has 8 heteroatoms. The minimum absolute atomic E-state index is 0.00415. The number of carbonyl (C=O) groups is 3. The van der Waals surface area contributed by atoms with Crippen molar-refractivity contribution < 1.29 is 24.2 Å². The van der Waals surface area contributed by atoms with E-state index in [9.17, 15) is 19.5 Å². The van der Waals surface area contributed by atoms with Crippen LogP contribution in [0, 0.1) is 5.92 Å². The Labute approximate surface area is 190 Å². The zero-order chi connectivity index (χ0) is 22.2. The van der Waals surface area contributed by atoms with E-state index < -0.39 is 18.1 Å². The van der Waals surface area contributed by atoms with Gasteiger partial charge in [0.15, 0.2) is 0 Å². The highest BCUT2D eigenvalue weighted by molar-refractivity contribution is 7.99. The number of ether oxygens (including phenoxy) is 1. The Morgan fingerprint density at radius 3 is 2.28 bits per heavy atom. The van der Waals surface area contributed by atoms with Crippen LogP contribution in [0.2, 0.25) is 0 Å². The maximum Gasteiger partial charge on any atom is 0.407 e. The van der Waals surface area contributed by atoms with Gasteiger partial charge in [0.2, 0.25) is 5.91 Å². The Morgan fingerprint density at radius 1 is 1.03 bits per heavy atom. The van der Waals surface area contributed by atoms with Gasteiger partial charge in [0.05, 0.1) is 5.88 Å². The van der Waals surface area contributed by atoms with Crippen molar-refractivity contribution in [3.8, 4) is 11.1 Å². The molecule has 2 amide bonds. The highest BCUT2D eigenvalue weighted by atomic mass is 32.2. The standard InChI is InChI=1S/C24H24N2O5S/c27-22(26-13-32-12-21(26)23(28)29)14-9-15(10-14)25-24(30)31-11-20-18-7-3-1-5-16(18)17-6-2-4-8-19(17)20/h1-8,14-15,20-21H,9-13H2,(H,25,30)(H,28,29). The zero-order valence-electron chi connectivity index (χ0n) is 17.4. The van der Waals surface area contributed by atoms with Crippen LogP contribution in [0.15, 0.2) is 48.5 Å². The molecule has 7 nitrogen and oxygen atoms in total. The molecule has 1 heterocycles. The SMILES string of the molecule is O=C(NC1CC(C(=O)N2CSCC2C(=O)O)C1)OCC1c2ccccc2-c2ccccc21. The van der Waals surface area contributed by atoms with E-state index in [1.807, 2.05) is 24.3 Å². The van der Waals surface area contributed by atoms with Gasteiger partial charge in [0, 0.05) is 23.6 Å². The highest BCUT2D eigenvalue weighted by Crippen LogP contribution is 2.44. The van der Waals surface area contributed by atoms with Gasteiger partial charge in [-0.3, -0.25) is 4.79 Å². The number of alkyl carbamates (subject to hydrolysis) is 1. The molecule has 2 aromatic carbocycles. The average Bonchev–Trinajstić information content (AvgIpc) is 3.38. The Hall–Kier alpha value is -3.00. The smallest absolute Gasteiger partial charge is 0.407 e. The van der Waals surface area contributed by atoms with Gasteiger partial charge in [-0.05, 0) is 35.1 Å². The molecule has 166 valence electrons. The number of nitrogens with zero attached hydrogens (tertiary/aromatic N) is 1. The molecular weight excluding hydrogens is 428 g/mol. The first-order valence-electron chi connectivity index (χ1n) is 10.8. The fourth-order valence-corrected chi connectivity index (χ4v) is 6.00. The van der Waals surface area contributed by atoms with Crippen LogP contribution < -0.4 is 5.32 Å². The summed E-state index contributed by atoms with van der Waals surface area (Å²) in [5.41, 5.74) is 4.67. The Morgan fingerprint density at radius 2 is 1.66 bits per heavy atom. The molecule has 2 fully saturated rings. The number of aliphatic carboxylic acids is 1. The van der Waals surface area contributed by atoms with Crippen LogP contribution in [0.4, 0.5) is 4.79 Å². The van der Waals surface area contributed by atoms with E-state index in [-0.39, 0.29) is 30.4 Å². The molecule has 1 saturated heterocycles. The van der Waals surface area contributed by atoms with Crippen molar-refractivity contribution in [3.05, 3.63) is 59.7 Å². The summed E-state index contributed by atoms with van der Waals surface area (Å²) in [4.78, 5) is 37.8. The van der Waals surface area contributed by atoms with Crippen molar-refractivity contribution in [2.24, 2.45) is 5.92 Å². The van der Waals surface area contributed by atoms with Gasteiger partial charge in [-0.2, -0.15) is 0 Å². The summed E-state index contributed by atoms with van der Waals surface area (Å²) in [6.07, 6.45) is 0.537. The fourth-order valence-electron chi connectivity index (χ4n) is 4.84. The van der Waals surface area contributed by atoms with Crippen LogP contribution in [0.25, 0.3) is 11.1 Å². The van der Waals surface area contributed by atoms with E-state index in [4.69, 9.17) is 4.74 Å². The predicted molar refractivity (Wildman–Crippen MR) is 120 cm³/mol. The topological polar surface area (TPSA) is 95.9 Å². The first-order valence-corrected chi connectivity index (χ1v) is 11.9. The number of carboxylic acids is 1. The minimum Gasteiger partial charge on any atom is -0.480 e. The number of benzene rings is 2. The number of amides is 2. The van der Waals surface area contributed by atoms with E-state index in [1.54, 1.807) is 0 Å². The molecule has 1 atom stereocenters. The lowest BCUT2D eigenvalue weighted by molar-refractivity contribution is -0.151. The van der Waals surface area contributed by atoms with Crippen LogP contribution >= 0.6 is 11.8 Å². The second-order valence-electron chi connectivity index (χ2n) is 8.50. The monoisotopic (exact) mass is 452 g/mol. The molecule has 0 spiro atoms.